The van der Waals surface area contributed by atoms with Crippen molar-refractivity contribution in [3.8, 4) is 10.6 Å². The van der Waals surface area contributed by atoms with Gasteiger partial charge >= 0.3 is 0 Å². The minimum absolute atomic E-state index is 0.0773. The highest BCUT2D eigenvalue weighted by molar-refractivity contribution is 7.15. The molecule has 0 spiro atoms. The number of nitrogens with two attached hydrogens (primary N) is 1. The minimum Gasteiger partial charge on any atom is -0.323 e. The number of aromatic nitrogens is 1. The van der Waals surface area contributed by atoms with Crippen molar-refractivity contribution in [3.05, 3.63) is 40.2 Å². The number of rotatable bonds is 1. The van der Waals surface area contributed by atoms with Crippen LogP contribution in [-0.2, 0) is 6.42 Å². The highest BCUT2D eigenvalue weighted by atomic mass is 32.1. The van der Waals surface area contributed by atoms with E-state index in [1.54, 1.807) is 23.5 Å². The number of benzene rings is 1. The van der Waals surface area contributed by atoms with Gasteiger partial charge in [0.25, 0.3) is 0 Å². The summed E-state index contributed by atoms with van der Waals surface area (Å²) in [7, 11) is 0. The summed E-state index contributed by atoms with van der Waals surface area (Å²) in [6.45, 7) is 1.88. The van der Waals surface area contributed by atoms with E-state index >= 15 is 0 Å². The molecule has 94 valence electrons. The summed E-state index contributed by atoms with van der Waals surface area (Å²) >= 11 is 1.54. The highest BCUT2D eigenvalue weighted by Gasteiger charge is 2.22. The zero-order valence-electron chi connectivity index (χ0n) is 10.2. The van der Waals surface area contributed by atoms with Crippen LogP contribution >= 0.6 is 11.3 Å². The Morgan fingerprint density at radius 3 is 3.00 bits per heavy atom. The molecule has 1 unspecified atom stereocenters. The smallest absolute Gasteiger partial charge is 0.133 e. The predicted octanol–water partition coefficient (Wildman–Crippen LogP) is 3.59. The normalized spacial score (nSPS) is 18.7. The first-order valence-corrected chi connectivity index (χ1v) is 6.98. The number of halogens is 1. The predicted molar refractivity (Wildman–Crippen MR) is 72.1 cm³/mol. The third-order valence-corrected chi connectivity index (χ3v) is 4.61. The summed E-state index contributed by atoms with van der Waals surface area (Å²) < 4.78 is 13.9. The van der Waals surface area contributed by atoms with Gasteiger partial charge in [-0.2, -0.15) is 0 Å². The molecule has 1 atom stereocenters. The van der Waals surface area contributed by atoms with Crippen molar-refractivity contribution in [2.24, 2.45) is 5.73 Å². The minimum atomic E-state index is -0.199. The van der Waals surface area contributed by atoms with Gasteiger partial charge in [-0.05, 0) is 43.9 Å². The molecule has 0 fully saturated rings. The van der Waals surface area contributed by atoms with Crippen LogP contribution in [0.3, 0.4) is 0 Å². The van der Waals surface area contributed by atoms with E-state index < -0.39 is 0 Å². The third kappa shape index (κ3) is 1.95. The van der Waals surface area contributed by atoms with E-state index in [1.165, 1.54) is 0 Å². The lowest BCUT2D eigenvalue weighted by molar-refractivity contribution is 0.573. The van der Waals surface area contributed by atoms with Gasteiger partial charge in [0.1, 0.15) is 10.8 Å². The molecule has 0 radical (unpaired) electrons. The summed E-state index contributed by atoms with van der Waals surface area (Å²) in [6, 6.07) is 5.35. The molecule has 0 amide bonds. The lowest BCUT2D eigenvalue weighted by Gasteiger charge is -2.15. The van der Waals surface area contributed by atoms with Gasteiger partial charge in [0.05, 0.1) is 5.69 Å². The van der Waals surface area contributed by atoms with Crippen LogP contribution in [-0.4, -0.2) is 4.98 Å². The summed E-state index contributed by atoms with van der Waals surface area (Å²) in [5.74, 6) is -0.199. The van der Waals surface area contributed by atoms with Gasteiger partial charge in [0.15, 0.2) is 0 Å². The molecule has 18 heavy (non-hydrogen) atoms. The number of hydrogen-bond acceptors (Lipinski definition) is 3. The lowest BCUT2D eigenvalue weighted by Crippen LogP contribution is -2.15. The van der Waals surface area contributed by atoms with E-state index in [9.17, 15) is 4.39 Å². The zero-order valence-corrected chi connectivity index (χ0v) is 11.1. The van der Waals surface area contributed by atoms with Crippen molar-refractivity contribution >= 4 is 11.3 Å². The van der Waals surface area contributed by atoms with E-state index in [4.69, 9.17) is 5.73 Å². The van der Waals surface area contributed by atoms with Crippen molar-refractivity contribution in [2.75, 3.05) is 0 Å². The molecule has 1 aromatic heterocycles. The first kappa shape index (κ1) is 11.8. The van der Waals surface area contributed by atoms with Crippen LogP contribution in [0.1, 0.15) is 35.0 Å². The Balaban J connectivity index is 2.07. The van der Waals surface area contributed by atoms with Crippen molar-refractivity contribution < 1.29 is 4.39 Å². The maximum absolute atomic E-state index is 13.9. The number of thiazole rings is 1. The highest BCUT2D eigenvalue weighted by Crippen LogP contribution is 2.37. The molecule has 1 aliphatic carbocycles. The van der Waals surface area contributed by atoms with E-state index in [0.717, 1.165) is 40.4 Å². The quantitative estimate of drug-likeness (QED) is 0.853. The van der Waals surface area contributed by atoms with E-state index in [0.29, 0.717) is 5.56 Å². The molecule has 1 aromatic carbocycles. The first-order valence-electron chi connectivity index (χ1n) is 6.17. The second-order valence-corrected chi connectivity index (χ2v) is 5.84. The Morgan fingerprint density at radius 1 is 1.44 bits per heavy atom. The first-order chi connectivity index (χ1) is 8.65. The molecule has 2 nitrogen and oxygen atoms in total. The molecule has 0 bridgehead atoms. The second kappa shape index (κ2) is 4.44. The number of aryl methyl sites for hydroxylation is 2. The van der Waals surface area contributed by atoms with E-state index in [1.807, 2.05) is 13.0 Å². The van der Waals surface area contributed by atoms with Gasteiger partial charge in [0, 0.05) is 16.5 Å². The van der Waals surface area contributed by atoms with Crippen LogP contribution in [0.5, 0.6) is 0 Å². The summed E-state index contributed by atoms with van der Waals surface area (Å²) in [6.07, 6.45) is 3.05. The van der Waals surface area contributed by atoms with Crippen molar-refractivity contribution in [3.63, 3.8) is 0 Å². The Kier molecular flexibility index (Phi) is 2.92. The monoisotopic (exact) mass is 262 g/mol. The van der Waals surface area contributed by atoms with Gasteiger partial charge < -0.3 is 5.73 Å². The SMILES string of the molecule is Cc1ccc(-c2nc3c(s2)C(N)CCC3)c(F)c1. The number of nitrogens with zero attached hydrogens (tertiary/aromatic N) is 1. The fourth-order valence-corrected chi connectivity index (χ4v) is 3.54. The molecule has 1 aliphatic rings. The van der Waals surface area contributed by atoms with Crippen molar-refractivity contribution in [1.29, 1.82) is 0 Å². The molecule has 1 heterocycles. The largest absolute Gasteiger partial charge is 0.323 e. The molecular weight excluding hydrogens is 247 g/mol. The zero-order chi connectivity index (χ0) is 12.7. The Labute approximate surface area is 110 Å². The van der Waals surface area contributed by atoms with Crippen LogP contribution in [0.15, 0.2) is 18.2 Å². The third-order valence-electron chi connectivity index (χ3n) is 3.35. The molecule has 0 saturated heterocycles. The summed E-state index contributed by atoms with van der Waals surface area (Å²) in [4.78, 5) is 5.70. The van der Waals surface area contributed by atoms with Crippen LogP contribution in [0, 0.1) is 12.7 Å². The summed E-state index contributed by atoms with van der Waals surface area (Å²) in [5, 5.41) is 0.759. The standard InChI is InChI=1S/C14H15FN2S/c1-8-5-6-9(10(15)7-8)14-17-12-4-2-3-11(16)13(12)18-14/h5-7,11H,2-4,16H2,1H3. The molecule has 0 aliphatic heterocycles. The van der Waals surface area contributed by atoms with E-state index in [2.05, 4.69) is 4.98 Å². The maximum atomic E-state index is 13.9. The summed E-state index contributed by atoms with van der Waals surface area (Å²) in [5.41, 5.74) is 8.66. The second-order valence-electron chi connectivity index (χ2n) is 4.81. The Hall–Kier alpha value is -1.26. The van der Waals surface area contributed by atoms with Gasteiger partial charge in [0.2, 0.25) is 0 Å². The van der Waals surface area contributed by atoms with Gasteiger partial charge in [-0.3, -0.25) is 0 Å². The lowest BCUT2D eigenvalue weighted by atomic mass is 9.99. The Morgan fingerprint density at radius 2 is 2.28 bits per heavy atom. The van der Waals surface area contributed by atoms with Gasteiger partial charge in [-0.15, -0.1) is 11.3 Å². The van der Waals surface area contributed by atoms with Crippen LogP contribution < -0.4 is 5.73 Å². The average molecular weight is 262 g/mol. The molecule has 4 heteroatoms. The van der Waals surface area contributed by atoms with Crippen molar-refractivity contribution in [1.82, 2.24) is 4.98 Å². The fourth-order valence-electron chi connectivity index (χ4n) is 2.36. The maximum Gasteiger partial charge on any atom is 0.133 e. The molecular formula is C14H15FN2S. The van der Waals surface area contributed by atoms with Crippen LogP contribution in [0.2, 0.25) is 0 Å². The topological polar surface area (TPSA) is 38.9 Å². The van der Waals surface area contributed by atoms with Crippen molar-refractivity contribution in [2.45, 2.75) is 32.2 Å². The molecule has 2 aromatic rings. The number of fused-ring (bicyclic) bond motifs is 1. The molecule has 2 N–H and O–H groups in total. The molecule has 3 rings (SSSR count). The fraction of sp³-hybridized carbons (Fsp3) is 0.357. The van der Waals surface area contributed by atoms with E-state index in [-0.39, 0.29) is 11.9 Å². The van der Waals surface area contributed by atoms with Gasteiger partial charge in [-0.1, -0.05) is 6.07 Å². The number of hydrogen-bond donors (Lipinski definition) is 1. The van der Waals surface area contributed by atoms with Crippen LogP contribution in [0.4, 0.5) is 4.39 Å². The van der Waals surface area contributed by atoms with Crippen LogP contribution in [0.25, 0.3) is 10.6 Å². The molecule has 0 saturated carbocycles. The average Bonchev–Trinajstić information content (AvgIpc) is 2.74. The Bertz CT molecular complexity index is 591. The van der Waals surface area contributed by atoms with Gasteiger partial charge in [-0.25, -0.2) is 9.37 Å².